The van der Waals surface area contributed by atoms with E-state index in [2.05, 4.69) is 78.6 Å². The lowest BCUT2D eigenvalue weighted by atomic mass is 9.82. The first-order chi connectivity index (χ1) is 14.7. The minimum Gasteiger partial charge on any atom is -0.486 e. The van der Waals surface area contributed by atoms with E-state index in [4.69, 9.17) is 4.74 Å². The zero-order valence-corrected chi connectivity index (χ0v) is 17.2. The van der Waals surface area contributed by atoms with Gasteiger partial charge in [0.15, 0.2) is 0 Å². The van der Waals surface area contributed by atoms with Gasteiger partial charge in [-0.25, -0.2) is 0 Å². The van der Waals surface area contributed by atoms with Crippen LogP contribution < -0.4 is 4.74 Å². The summed E-state index contributed by atoms with van der Waals surface area (Å²) in [5, 5.41) is 9.39. The smallest absolute Gasteiger partial charge is 0.205 e. The Morgan fingerprint density at radius 2 is 1.77 bits per heavy atom. The van der Waals surface area contributed by atoms with Gasteiger partial charge in [0, 0.05) is 18.4 Å². The summed E-state index contributed by atoms with van der Waals surface area (Å²) in [6.07, 6.45) is 6.67. The van der Waals surface area contributed by atoms with Crippen molar-refractivity contribution >= 4 is 5.71 Å². The summed E-state index contributed by atoms with van der Waals surface area (Å²) in [6, 6.07) is 23.4. The summed E-state index contributed by atoms with van der Waals surface area (Å²) >= 11 is 0. The van der Waals surface area contributed by atoms with E-state index in [9.17, 15) is 5.26 Å². The molecule has 0 fully saturated rings. The second-order valence-electron chi connectivity index (χ2n) is 8.50. The van der Waals surface area contributed by atoms with Crippen molar-refractivity contribution in [2.45, 2.75) is 44.6 Å². The molecule has 5 rings (SSSR count). The summed E-state index contributed by atoms with van der Waals surface area (Å²) < 4.78 is 6.70. The van der Waals surface area contributed by atoms with Gasteiger partial charge in [-0.1, -0.05) is 60.2 Å². The number of aryl methyl sites for hydroxylation is 2. The molecule has 3 nitrogen and oxygen atoms in total. The van der Waals surface area contributed by atoms with Gasteiger partial charge in [0.2, 0.25) is 6.19 Å². The number of benzene rings is 3. The van der Waals surface area contributed by atoms with Crippen molar-refractivity contribution in [2.75, 3.05) is 0 Å². The van der Waals surface area contributed by atoms with Gasteiger partial charge in [0.05, 0.1) is 5.71 Å². The van der Waals surface area contributed by atoms with Crippen LogP contribution in [0, 0.1) is 18.4 Å². The highest BCUT2D eigenvalue weighted by atomic mass is 16.5. The second kappa shape index (κ2) is 7.46. The predicted octanol–water partition coefficient (Wildman–Crippen LogP) is 6.03. The molecule has 1 spiro atoms. The Kier molecular flexibility index (Phi) is 4.64. The number of hydrogen-bond donors (Lipinski definition) is 0. The van der Waals surface area contributed by atoms with Crippen molar-refractivity contribution < 1.29 is 4.74 Å². The van der Waals surface area contributed by atoms with Crippen LogP contribution in [0.4, 0.5) is 0 Å². The first kappa shape index (κ1) is 18.6. The molecule has 0 amide bonds. The van der Waals surface area contributed by atoms with Crippen LogP contribution in [0.15, 0.2) is 71.7 Å². The van der Waals surface area contributed by atoms with E-state index in [1.807, 2.05) is 6.19 Å². The Bertz CT molecular complexity index is 1190. The van der Waals surface area contributed by atoms with Crippen molar-refractivity contribution in [3.63, 3.8) is 0 Å². The van der Waals surface area contributed by atoms with Crippen molar-refractivity contribution in [3.8, 4) is 23.1 Å². The maximum absolute atomic E-state index is 9.39. The van der Waals surface area contributed by atoms with E-state index >= 15 is 0 Å². The average molecular weight is 393 g/mol. The Balaban J connectivity index is 1.57. The van der Waals surface area contributed by atoms with Gasteiger partial charge in [-0.05, 0) is 60.6 Å². The number of rotatable bonds is 1. The van der Waals surface area contributed by atoms with Gasteiger partial charge < -0.3 is 4.74 Å². The Morgan fingerprint density at radius 1 is 0.933 bits per heavy atom. The molecule has 1 aliphatic carbocycles. The molecule has 0 saturated carbocycles. The molecule has 3 aromatic rings. The fraction of sp³-hybridized carbons (Fsp3) is 0.259. The second-order valence-corrected chi connectivity index (χ2v) is 8.50. The third-order valence-corrected chi connectivity index (χ3v) is 6.35. The van der Waals surface area contributed by atoms with Crippen LogP contribution in [0.1, 0.15) is 41.5 Å². The molecule has 2 aliphatic rings. The minimum absolute atomic E-state index is 0.333. The van der Waals surface area contributed by atoms with Gasteiger partial charge in [-0.15, -0.1) is 0 Å². The monoisotopic (exact) mass is 392 g/mol. The van der Waals surface area contributed by atoms with E-state index in [0.717, 1.165) is 53.8 Å². The molecular weight excluding hydrogens is 368 g/mol. The SMILES string of the molecule is Cc1cccc(-c2ccc3c(c2)C(=NC#N)CC2(CCCc4ccccc4C2)O3)c1. The molecule has 1 atom stereocenters. The quantitative estimate of drug-likeness (QED) is 0.475. The third-order valence-electron chi connectivity index (χ3n) is 6.35. The maximum Gasteiger partial charge on any atom is 0.205 e. The zero-order chi connectivity index (χ0) is 20.6. The fourth-order valence-electron chi connectivity index (χ4n) is 4.93. The van der Waals surface area contributed by atoms with Crippen molar-refractivity contribution in [3.05, 3.63) is 89.0 Å². The largest absolute Gasteiger partial charge is 0.486 e. The highest BCUT2D eigenvalue weighted by Crippen LogP contribution is 2.42. The summed E-state index contributed by atoms with van der Waals surface area (Å²) in [7, 11) is 0. The lowest BCUT2D eigenvalue weighted by Gasteiger charge is -2.39. The first-order valence-electron chi connectivity index (χ1n) is 10.6. The highest BCUT2D eigenvalue weighted by molar-refractivity contribution is 6.05. The van der Waals surface area contributed by atoms with E-state index in [0.29, 0.717) is 6.42 Å². The van der Waals surface area contributed by atoms with Crippen LogP contribution in [-0.2, 0) is 12.8 Å². The molecule has 0 saturated heterocycles. The minimum atomic E-state index is -0.333. The molecule has 0 bridgehead atoms. The van der Waals surface area contributed by atoms with Gasteiger partial charge in [-0.3, -0.25) is 0 Å². The van der Waals surface area contributed by atoms with Crippen LogP contribution in [0.25, 0.3) is 11.1 Å². The van der Waals surface area contributed by atoms with Crippen molar-refractivity contribution in [1.82, 2.24) is 0 Å². The van der Waals surface area contributed by atoms with E-state index in [1.54, 1.807) is 0 Å². The van der Waals surface area contributed by atoms with E-state index in [1.165, 1.54) is 16.7 Å². The van der Waals surface area contributed by atoms with E-state index < -0.39 is 0 Å². The Morgan fingerprint density at radius 3 is 2.60 bits per heavy atom. The molecule has 1 unspecified atom stereocenters. The summed E-state index contributed by atoms with van der Waals surface area (Å²) in [5.74, 6) is 0.839. The molecular formula is C27H24N2O. The van der Waals surface area contributed by atoms with Crippen LogP contribution >= 0.6 is 0 Å². The topological polar surface area (TPSA) is 45.4 Å². The maximum atomic E-state index is 9.39. The van der Waals surface area contributed by atoms with Crippen LogP contribution in [0.3, 0.4) is 0 Å². The molecule has 3 aromatic carbocycles. The summed E-state index contributed by atoms with van der Waals surface area (Å²) in [6.45, 7) is 2.10. The zero-order valence-electron chi connectivity index (χ0n) is 17.2. The lowest BCUT2D eigenvalue weighted by Crippen LogP contribution is -2.44. The Labute approximate surface area is 177 Å². The molecule has 0 radical (unpaired) electrons. The van der Waals surface area contributed by atoms with Gasteiger partial charge in [0.1, 0.15) is 11.4 Å². The number of fused-ring (bicyclic) bond motifs is 2. The summed E-state index contributed by atoms with van der Waals surface area (Å²) in [4.78, 5) is 4.26. The van der Waals surface area contributed by atoms with Gasteiger partial charge in [0.25, 0.3) is 0 Å². The van der Waals surface area contributed by atoms with Crippen LogP contribution in [0.2, 0.25) is 0 Å². The normalized spacial score (nSPS) is 21.3. The standard InChI is InChI=1S/C27H24N2O/c1-19-6-4-9-21(14-19)22-11-12-26-24(15-22)25(29-18-28)17-27(30-26)13-5-10-20-7-2-3-8-23(20)16-27/h2-4,6-9,11-12,14-15H,5,10,13,16-17H2,1H3. The number of ether oxygens (including phenoxy) is 1. The molecule has 0 aromatic heterocycles. The van der Waals surface area contributed by atoms with Crippen molar-refractivity contribution in [1.29, 1.82) is 5.26 Å². The first-order valence-corrected chi connectivity index (χ1v) is 10.6. The molecule has 1 aliphatic heterocycles. The summed E-state index contributed by atoms with van der Waals surface area (Å²) in [5.41, 5.74) is 7.73. The molecule has 1 heterocycles. The lowest BCUT2D eigenvalue weighted by molar-refractivity contribution is 0.0619. The third kappa shape index (κ3) is 3.39. The highest BCUT2D eigenvalue weighted by Gasteiger charge is 2.41. The average Bonchev–Trinajstić information content (AvgIpc) is 2.92. The van der Waals surface area contributed by atoms with Gasteiger partial charge in [-0.2, -0.15) is 10.3 Å². The Hall–Kier alpha value is -3.38. The predicted molar refractivity (Wildman–Crippen MR) is 120 cm³/mol. The van der Waals surface area contributed by atoms with Crippen molar-refractivity contribution in [2.24, 2.45) is 4.99 Å². The van der Waals surface area contributed by atoms with Gasteiger partial charge >= 0.3 is 0 Å². The molecule has 0 N–H and O–H groups in total. The fourth-order valence-corrected chi connectivity index (χ4v) is 4.93. The number of nitrogens with zero attached hydrogens (tertiary/aromatic N) is 2. The van der Waals surface area contributed by atoms with Crippen LogP contribution in [0.5, 0.6) is 5.75 Å². The number of nitriles is 1. The molecule has 148 valence electrons. The van der Waals surface area contributed by atoms with E-state index in [-0.39, 0.29) is 5.60 Å². The molecule has 30 heavy (non-hydrogen) atoms. The number of aliphatic imine (C=N–C) groups is 1. The molecule has 3 heteroatoms. The number of hydrogen-bond acceptors (Lipinski definition) is 3. The van der Waals surface area contributed by atoms with Crippen LogP contribution in [-0.4, -0.2) is 11.3 Å².